The van der Waals surface area contributed by atoms with E-state index in [9.17, 15) is 18.3 Å². The predicted octanol–water partition coefficient (Wildman–Crippen LogP) is 3.48. The van der Waals surface area contributed by atoms with E-state index in [0.717, 1.165) is 10.7 Å². The SMILES string of the molecule is Cc1nc(CC2(O)CCC(C(F)(F)F)CC2)cs1. The number of hydrogen-bond donors (Lipinski definition) is 1. The summed E-state index contributed by atoms with van der Waals surface area (Å²) in [7, 11) is 0. The normalized spacial score (nSPS) is 29.5. The molecule has 0 aromatic carbocycles. The van der Waals surface area contributed by atoms with Crippen molar-refractivity contribution < 1.29 is 18.3 Å². The lowest BCUT2D eigenvalue weighted by Gasteiger charge is -2.36. The fourth-order valence-corrected chi connectivity index (χ4v) is 3.10. The van der Waals surface area contributed by atoms with Crippen LogP contribution in [0.25, 0.3) is 0 Å². The molecule has 6 heteroatoms. The summed E-state index contributed by atoms with van der Waals surface area (Å²) >= 11 is 1.49. The minimum Gasteiger partial charge on any atom is -0.389 e. The van der Waals surface area contributed by atoms with Crippen molar-refractivity contribution in [1.82, 2.24) is 4.98 Å². The average Bonchev–Trinajstić information content (AvgIpc) is 2.62. The average molecular weight is 279 g/mol. The molecule has 0 saturated heterocycles. The molecule has 0 atom stereocenters. The first-order valence-electron chi connectivity index (χ1n) is 5.99. The third-order valence-electron chi connectivity index (χ3n) is 3.56. The first-order valence-corrected chi connectivity index (χ1v) is 6.87. The highest BCUT2D eigenvalue weighted by Crippen LogP contribution is 2.42. The Kier molecular flexibility index (Phi) is 3.69. The van der Waals surface area contributed by atoms with E-state index in [1.165, 1.54) is 11.3 Å². The van der Waals surface area contributed by atoms with Crippen molar-refractivity contribution in [3.8, 4) is 0 Å². The van der Waals surface area contributed by atoms with Gasteiger partial charge < -0.3 is 5.11 Å². The second-order valence-corrected chi connectivity index (χ2v) is 6.14. The summed E-state index contributed by atoms with van der Waals surface area (Å²) in [5.74, 6) is -1.25. The molecule has 1 heterocycles. The fourth-order valence-electron chi connectivity index (χ4n) is 2.49. The summed E-state index contributed by atoms with van der Waals surface area (Å²) in [6, 6.07) is 0. The first-order chi connectivity index (χ1) is 8.28. The molecule has 0 radical (unpaired) electrons. The molecule has 1 aliphatic rings. The molecule has 2 nitrogen and oxygen atoms in total. The number of aliphatic hydroxyl groups is 1. The fraction of sp³-hybridized carbons (Fsp3) is 0.750. The minimum absolute atomic E-state index is 0.0170. The Morgan fingerprint density at radius 2 is 2.06 bits per heavy atom. The van der Waals surface area contributed by atoms with Crippen LogP contribution in [-0.2, 0) is 6.42 Å². The number of rotatable bonds is 2. The molecule has 0 spiro atoms. The van der Waals surface area contributed by atoms with Crippen LogP contribution >= 0.6 is 11.3 Å². The van der Waals surface area contributed by atoms with Gasteiger partial charge in [0.1, 0.15) is 0 Å². The third-order valence-corrected chi connectivity index (χ3v) is 4.38. The summed E-state index contributed by atoms with van der Waals surface area (Å²) in [5.41, 5.74) is -0.229. The van der Waals surface area contributed by atoms with Gasteiger partial charge in [-0.15, -0.1) is 11.3 Å². The standard InChI is InChI=1S/C12H16F3NOS/c1-8-16-10(7-18-8)6-11(17)4-2-9(3-5-11)12(13,14)15/h7,9,17H,2-6H2,1H3. The zero-order chi connectivity index (χ0) is 13.4. The Hall–Kier alpha value is -0.620. The van der Waals surface area contributed by atoms with Crippen LogP contribution in [0.5, 0.6) is 0 Å². The second-order valence-electron chi connectivity index (χ2n) is 5.07. The van der Waals surface area contributed by atoms with Crippen molar-refractivity contribution in [3.63, 3.8) is 0 Å². The van der Waals surface area contributed by atoms with Crippen LogP contribution in [0.15, 0.2) is 5.38 Å². The van der Waals surface area contributed by atoms with Crippen molar-refractivity contribution in [2.45, 2.75) is 50.8 Å². The highest BCUT2D eigenvalue weighted by molar-refractivity contribution is 7.09. The minimum atomic E-state index is -4.13. The molecule has 1 saturated carbocycles. The smallest absolute Gasteiger partial charge is 0.389 e. The quantitative estimate of drug-likeness (QED) is 0.899. The summed E-state index contributed by atoms with van der Waals surface area (Å²) in [6.07, 6.45) is -3.33. The lowest BCUT2D eigenvalue weighted by molar-refractivity contribution is -0.192. The molecule has 0 amide bonds. The molecule has 1 aromatic heterocycles. The zero-order valence-corrected chi connectivity index (χ0v) is 10.9. The maximum absolute atomic E-state index is 12.5. The van der Waals surface area contributed by atoms with E-state index in [-0.39, 0.29) is 25.7 Å². The van der Waals surface area contributed by atoms with E-state index < -0.39 is 17.7 Å². The van der Waals surface area contributed by atoms with E-state index in [2.05, 4.69) is 4.98 Å². The predicted molar refractivity (Wildman–Crippen MR) is 63.5 cm³/mol. The maximum atomic E-state index is 12.5. The van der Waals surface area contributed by atoms with Crippen LogP contribution in [0.1, 0.15) is 36.4 Å². The Morgan fingerprint density at radius 1 is 1.44 bits per heavy atom. The Morgan fingerprint density at radius 3 is 2.50 bits per heavy atom. The molecule has 1 N–H and O–H groups in total. The molecule has 18 heavy (non-hydrogen) atoms. The largest absolute Gasteiger partial charge is 0.391 e. The van der Waals surface area contributed by atoms with Gasteiger partial charge in [-0.05, 0) is 32.6 Å². The summed E-state index contributed by atoms with van der Waals surface area (Å²) in [4.78, 5) is 4.25. The molecule has 0 bridgehead atoms. The van der Waals surface area contributed by atoms with Crippen LogP contribution in [-0.4, -0.2) is 21.9 Å². The number of aryl methyl sites for hydroxylation is 1. The monoisotopic (exact) mass is 279 g/mol. The molecular weight excluding hydrogens is 263 g/mol. The summed E-state index contributed by atoms with van der Waals surface area (Å²) in [5, 5.41) is 13.1. The Balaban J connectivity index is 1.95. The number of alkyl halides is 3. The lowest BCUT2D eigenvalue weighted by Crippen LogP contribution is -2.39. The van der Waals surface area contributed by atoms with Gasteiger partial charge in [-0.3, -0.25) is 0 Å². The van der Waals surface area contributed by atoms with E-state index in [0.29, 0.717) is 6.42 Å². The van der Waals surface area contributed by atoms with E-state index in [1.54, 1.807) is 0 Å². The molecule has 1 aromatic rings. The lowest BCUT2D eigenvalue weighted by atomic mass is 9.76. The maximum Gasteiger partial charge on any atom is 0.391 e. The van der Waals surface area contributed by atoms with Gasteiger partial charge in [0.05, 0.1) is 22.2 Å². The van der Waals surface area contributed by atoms with Gasteiger partial charge >= 0.3 is 6.18 Å². The molecule has 1 fully saturated rings. The number of thiazole rings is 1. The van der Waals surface area contributed by atoms with Crippen molar-refractivity contribution in [2.24, 2.45) is 5.92 Å². The van der Waals surface area contributed by atoms with Gasteiger partial charge in [0.15, 0.2) is 0 Å². The Bertz CT molecular complexity index is 408. The third kappa shape index (κ3) is 3.23. The molecule has 2 rings (SSSR count). The Labute approximate surface area is 108 Å². The van der Waals surface area contributed by atoms with E-state index in [4.69, 9.17) is 0 Å². The van der Waals surface area contributed by atoms with Crippen LogP contribution in [0.4, 0.5) is 13.2 Å². The van der Waals surface area contributed by atoms with Crippen LogP contribution in [0.3, 0.4) is 0 Å². The van der Waals surface area contributed by atoms with E-state index >= 15 is 0 Å². The highest BCUT2D eigenvalue weighted by Gasteiger charge is 2.45. The van der Waals surface area contributed by atoms with E-state index in [1.807, 2.05) is 12.3 Å². The van der Waals surface area contributed by atoms with Gasteiger partial charge in [-0.2, -0.15) is 13.2 Å². The molecule has 102 valence electrons. The van der Waals surface area contributed by atoms with Crippen LogP contribution < -0.4 is 0 Å². The van der Waals surface area contributed by atoms with Gasteiger partial charge in [-0.25, -0.2) is 4.98 Å². The number of hydrogen-bond acceptors (Lipinski definition) is 3. The van der Waals surface area contributed by atoms with Crippen molar-refractivity contribution >= 4 is 11.3 Å². The first kappa shape index (κ1) is 13.8. The number of halogens is 3. The zero-order valence-electron chi connectivity index (χ0n) is 10.1. The second kappa shape index (κ2) is 4.81. The van der Waals surface area contributed by atoms with Crippen molar-refractivity contribution in [3.05, 3.63) is 16.1 Å². The molecule has 1 aliphatic carbocycles. The highest BCUT2D eigenvalue weighted by atomic mass is 32.1. The van der Waals surface area contributed by atoms with Gasteiger partial charge in [-0.1, -0.05) is 0 Å². The van der Waals surface area contributed by atoms with Gasteiger partial charge in [0, 0.05) is 11.8 Å². The topological polar surface area (TPSA) is 33.1 Å². The van der Waals surface area contributed by atoms with Gasteiger partial charge in [0.2, 0.25) is 0 Å². The van der Waals surface area contributed by atoms with Crippen LogP contribution in [0, 0.1) is 12.8 Å². The molecular formula is C12H16F3NOS. The number of aromatic nitrogens is 1. The van der Waals surface area contributed by atoms with Crippen molar-refractivity contribution in [2.75, 3.05) is 0 Å². The molecule has 0 unspecified atom stereocenters. The number of nitrogens with zero attached hydrogens (tertiary/aromatic N) is 1. The van der Waals surface area contributed by atoms with Crippen LogP contribution in [0.2, 0.25) is 0 Å². The molecule has 0 aliphatic heterocycles. The summed E-state index contributed by atoms with van der Waals surface area (Å²) in [6.45, 7) is 1.87. The summed E-state index contributed by atoms with van der Waals surface area (Å²) < 4.78 is 37.6. The van der Waals surface area contributed by atoms with Crippen molar-refractivity contribution in [1.29, 1.82) is 0 Å². The van der Waals surface area contributed by atoms with Gasteiger partial charge in [0.25, 0.3) is 0 Å².